The smallest absolute Gasteiger partial charge is 0.310 e. The van der Waals surface area contributed by atoms with Crippen LogP contribution in [0.25, 0.3) is 0 Å². The first-order valence-electron chi connectivity index (χ1n) is 13.4. The molecule has 0 N–H and O–H groups in total. The molecule has 8 heteroatoms. The summed E-state index contributed by atoms with van der Waals surface area (Å²) in [4.78, 5) is 27.2. The molecule has 2 heterocycles. The van der Waals surface area contributed by atoms with Crippen LogP contribution in [-0.2, 0) is 38.0 Å². The van der Waals surface area contributed by atoms with Gasteiger partial charge in [0.05, 0.1) is 11.8 Å². The second-order valence-corrected chi connectivity index (χ2v) is 10.3. The van der Waals surface area contributed by atoms with Crippen molar-refractivity contribution in [2.45, 2.75) is 63.3 Å². The van der Waals surface area contributed by atoms with Crippen molar-refractivity contribution in [2.75, 3.05) is 26.4 Å². The average Bonchev–Trinajstić information content (AvgIpc) is 2.89. The molecule has 204 valence electrons. The van der Waals surface area contributed by atoms with Gasteiger partial charge in [-0.15, -0.1) is 0 Å². The maximum Gasteiger partial charge on any atom is 0.310 e. The van der Waals surface area contributed by atoms with E-state index in [4.69, 9.17) is 28.4 Å². The second kappa shape index (κ2) is 10.8. The van der Waals surface area contributed by atoms with Crippen molar-refractivity contribution in [1.82, 2.24) is 0 Å². The zero-order valence-electron chi connectivity index (χ0n) is 22.3. The van der Waals surface area contributed by atoms with Gasteiger partial charge in [-0.25, -0.2) is 0 Å². The quantitative estimate of drug-likeness (QED) is 0.520. The lowest BCUT2D eigenvalue weighted by Gasteiger charge is -2.53. The SMILES string of the molecule is CCO[C@]1(C)O[C@H]2COC(=O)[C@H]3[C@H](C(=O)OC[C@@H]2O[C@@]1(C)OCC)[C@H](c1ccccc1)[C@@H]3c1ccccc1. The summed E-state index contributed by atoms with van der Waals surface area (Å²) in [5.74, 6) is -5.23. The van der Waals surface area contributed by atoms with E-state index in [1.807, 2.05) is 74.5 Å². The molecule has 0 aromatic heterocycles. The summed E-state index contributed by atoms with van der Waals surface area (Å²) in [5, 5.41) is 0. The number of carbonyl (C=O) groups is 2. The van der Waals surface area contributed by atoms with Crippen LogP contribution in [0.4, 0.5) is 0 Å². The van der Waals surface area contributed by atoms with Gasteiger partial charge in [-0.1, -0.05) is 60.7 Å². The minimum atomic E-state index is -1.26. The third kappa shape index (κ3) is 4.64. The van der Waals surface area contributed by atoms with E-state index in [2.05, 4.69) is 0 Å². The van der Waals surface area contributed by atoms with Crippen LogP contribution in [0.15, 0.2) is 60.7 Å². The van der Waals surface area contributed by atoms with Gasteiger partial charge in [0.2, 0.25) is 11.6 Å². The summed E-state index contributed by atoms with van der Waals surface area (Å²) < 4.78 is 36.3. The molecule has 8 atom stereocenters. The molecule has 8 nitrogen and oxygen atoms in total. The van der Waals surface area contributed by atoms with E-state index >= 15 is 0 Å². The number of carbonyl (C=O) groups excluding carboxylic acids is 2. The predicted molar refractivity (Wildman–Crippen MR) is 137 cm³/mol. The van der Waals surface area contributed by atoms with Gasteiger partial charge in [-0.2, -0.15) is 0 Å². The van der Waals surface area contributed by atoms with E-state index in [9.17, 15) is 9.59 Å². The topological polar surface area (TPSA) is 89.5 Å². The molecule has 3 fully saturated rings. The summed E-state index contributed by atoms with van der Waals surface area (Å²) in [6.07, 6.45) is -1.43. The van der Waals surface area contributed by atoms with Crippen LogP contribution in [0.5, 0.6) is 0 Å². The standard InChI is InChI=1S/C30H36O8/c1-5-35-29(3)30(4,36-6-2)38-22-18-34-28(32)26-24(20-15-11-8-12-16-20)23(19-13-9-7-10-14-19)25(26)27(31)33-17-21(22)37-29/h7-16,21-26H,5-6,17-18H2,1-4H3/t21-,22-,23-,24+,25+,26+,29+,30+/m0/s1. The van der Waals surface area contributed by atoms with Crippen LogP contribution in [0.1, 0.15) is 50.7 Å². The molecule has 2 aromatic carbocycles. The van der Waals surface area contributed by atoms with Gasteiger partial charge in [-0.3, -0.25) is 9.59 Å². The number of ether oxygens (including phenoxy) is 6. The molecule has 3 aliphatic rings. The molecule has 38 heavy (non-hydrogen) atoms. The Morgan fingerprint density at radius 1 is 0.658 bits per heavy atom. The molecule has 0 radical (unpaired) electrons. The fraction of sp³-hybridized carbons (Fsp3) is 0.533. The van der Waals surface area contributed by atoms with E-state index in [1.165, 1.54) is 0 Å². The van der Waals surface area contributed by atoms with Crippen molar-refractivity contribution < 1.29 is 38.0 Å². The number of benzene rings is 2. The van der Waals surface area contributed by atoms with Gasteiger partial charge in [0.15, 0.2) is 0 Å². The largest absolute Gasteiger partial charge is 0.463 e. The summed E-state index contributed by atoms with van der Waals surface area (Å²) in [5.41, 5.74) is 1.96. The summed E-state index contributed by atoms with van der Waals surface area (Å²) in [7, 11) is 0. The molecule has 5 rings (SSSR count). The predicted octanol–water partition coefficient (Wildman–Crippen LogP) is 4.19. The Bertz CT molecular complexity index is 1030. The Balaban J connectivity index is 1.46. The maximum absolute atomic E-state index is 13.6. The van der Waals surface area contributed by atoms with Crippen molar-refractivity contribution in [3.05, 3.63) is 71.8 Å². The Morgan fingerprint density at radius 2 is 1.03 bits per heavy atom. The maximum atomic E-state index is 13.6. The number of hydrogen-bond acceptors (Lipinski definition) is 8. The zero-order chi connectivity index (χ0) is 26.9. The Hall–Kier alpha value is -2.78. The first kappa shape index (κ1) is 26.8. The van der Waals surface area contributed by atoms with Crippen molar-refractivity contribution in [1.29, 1.82) is 0 Å². The highest BCUT2D eigenvalue weighted by Gasteiger charge is 2.62. The highest BCUT2D eigenvalue weighted by Crippen LogP contribution is 2.59. The molecule has 0 bridgehead atoms. The number of cyclic esters (lactones) is 2. The molecular formula is C30H36O8. The minimum absolute atomic E-state index is 0.0628. The third-order valence-electron chi connectivity index (χ3n) is 8.07. The lowest BCUT2D eigenvalue weighted by molar-refractivity contribution is -0.458. The fourth-order valence-electron chi connectivity index (χ4n) is 6.14. The van der Waals surface area contributed by atoms with E-state index in [1.54, 1.807) is 13.8 Å². The van der Waals surface area contributed by atoms with Gasteiger partial charge < -0.3 is 28.4 Å². The first-order chi connectivity index (χ1) is 18.3. The van der Waals surface area contributed by atoms with Gasteiger partial charge >= 0.3 is 11.9 Å². The van der Waals surface area contributed by atoms with Crippen molar-refractivity contribution >= 4 is 11.9 Å². The minimum Gasteiger partial charge on any atom is -0.463 e. The normalized spacial score (nSPS) is 37.2. The lowest BCUT2D eigenvalue weighted by atomic mass is 9.52. The van der Waals surface area contributed by atoms with Crippen molar-refractivity contribution in [2.24, 2.45) is 11.8 Å². The number of hydrogen-bond donors (Lipinski definition) is 0. The molecule has 1 aliphatic carbocycles. The summed E-state index contributed by atoms with van der Waals surface area (Å²) in [6.45, 7) is 7.78. The molecule has 0 unspecified atom stereocenters. The van der Waals surface area contributed by atoms with Crippen LogP contribution >= 0.6 is 0 Å². The molecule has 2 saturated heterocycles. The number of fused-ring (bicyclic) bond motifs is 2. The van der Waals surface area contributed by atoms with E-state index in [0.717, 1.165) is 11.1 Å². The van der Waals surface area contributed by atoms with Crippen LogP contribution in [-0.4, -0.2) is 62.1 Å². The van der Waals surface area contributed by atoms with Crippen molar-refractivity contribution in [3.8, 4) is 0 Å². The van der Waals surface area contributed by atoms with E-state index in [-0.39, 0.29) is 25.0 Å². The highest BCUT2D eigenvalue weighted by atomic mass is 16.8. The molecule has 2 aliphatic heterocycles. The van der Waals surface area contributed by atoms with E-state index < -0.39 is 47.6 Å². The van der Waals surface area contributed by atoms with Gasteiger partial charge in [0, 0.05) is 25.0 Å². The Labute approximate surface area is 223 Å². The average molecular weight is 525 g/mol. The lowest BCUT2D eigenvalue weighted by Crippen LogP contribution is -2.67. The fourth-order valence-corrected chi connectivity index (χ4v) is 6.14. The van der Waals surface area contributed by atoms with Gasteiger partial charge in [0.1, 0.15) is 25.4 Å². The Morgan fingerprint density at radius 3 is 1.37 bits per heavy atom. The monoisotopic (exact) mass is 524 g/mol. The van der Waals surface area contributed by atoms with Crippen LogP contribution in [0, 0.1) is 11.8 Å². The summed E-state index contributed by atoms with van der Waals surface area (Å²) >= 11 is 0. The Kier molecular flexibility index (Phi) is 7.60. The molecule has 0 spiro atoms. The number of esters is 2. The van der Waals surface area contributed by atoms with E-state index in [0.29, 0.717) is 13.2 Å². The molecule has 0 amide bonds. The van der Waals surface area contributed by atoms with Gasteiger partial charge in [0.25, 0.3) is 0 Å². The molecule has 1 saturated carbocycles. The first-order valence-corrected chi connectivity index (χ1v) is 13.4. The van der Waals surface area contributed by atoms with Crippen LogP contribution in [0.2, 0.25) is 0 Å². The van der Waals surface area contributed by atoms with Crippen LogP contribution < -0.4 is 0 Å². The van der Waals surface area contributed by atoms with Gasteiger partial charge in [-0.05, 0) is 38.8 Å². The zero-order valence-corrected chi connectivity index (χ0v) is 22.3. The third-order valence-corrected chi connectivity index (χ3v) is 8.07. The second-order valence-electron chi connectivity index (χ2n) is 10.3. The highest BCUT2D eigenvalue weighted by molar-refractivity contribution is 5.87. The number of rotatable bonds is 6. The van der Waals surface area contributed by atoms with Crippen molar-refractivity contribution in [3.63, 3.8) is 0 Å². The molecular weight excluding hydrogens is 488 g/mol. The molecule has 2 aromatic rings. The van der Waals surface area contributed by atoms with Crippen LogP contribution in [0.3, 0.4) is 0 Å². The summed E-state index contributed by atoms with van der Waals surface area (Å²) in [6, 6.07) is 19.6.